The second kappa shape index (κ2) is 13.0. The monoisotopic (exact) mass is 432 g/mol. The van der Waals surface area contributed by atoms with Crippen LogP contribution in [0.4, 0.5) is 0 Å². The van der Waals surface area contributed by atoms with E-state index in [-0.39, 0.29) is 24.8 Å². The Labute approximate surface area is 185 Å². The number of aryl methyl sites for hydroxylation is 1. The fraction of sp³-hybridized carbons (Fsp3) is 0.261. The normalized spacial score (nSPS) is 9.86. The Morgan fingerprint density at radius 2 is 1.55 bits per heavy atom. The molecule has 0 saturated carbocycles. The zero-order valence-electron chi connectivity index (χ0n) is 16.7. The van der Waals surface area contributed by atoms with E-state index >= 15 is 0 Å². The van der Waals surface area contributed by atoms with E-state index < -0.39 is 0 Å². The van der Waals surface area contributed by atoms with Gasteiger partial charge in [0.2, 0.25) is 0 Å². The van der Waals surface area contributed by atoms with Gasteiger partial charge in [-0.25, -0.2) is 0 Å². The number of halogens is 2. The highest BCUT2D eigenvalue weighted by Crippen LogP contribution is 2.29. The van der Waals surface area contributed by atoms with E-state index in [2.05, 4.69) is 53.6 Å². The molecule has 1 N–H and O–H groups in total. The van der Waals surface area contributed by atoms with Crippen molar-refractivity contribution >= 4 is 0 Å². The van der Waals surface area contributed by atoms with Gasteiger partial charge < -0.3 is 39.6 Å². The number of aromatic nitrogens is 1. The number of pyridine rings is 1. The van der Waals surface area contributed by atoms with Crippen LogP contribution in [0.25, 0.3) is 0 Å². The summed E-state index contributed by atoms with van der Waals surface area (Å²) in [5, 5.41) is 3.43. The molecule has 2 aromatic carbocycles. The van der Waals surface area contributed by atoms with Gasteiger partial charge >= 0.3 is 0 Å². The SMILES string of the molecule is CCOc1cc(CNCc2cccnc2)ccc1OCc1ccc(C)cc1.[Cl-].[Cl-]. The molecule has 0 spiro atoms. The Kier molecular flexibility index (Phi) is 11.1. The number of nitrogens with zero attached hydrogens (tertiary/aromatic N) is 1. The first-order valence-electron chi connectivity index (χ1n) is 9.28. The summed E-state index contributed by atoms with van der Waals surface area (Å²) in [5.41, 5.74) is 4.72. The van der Waals surface area contributed by atoms with Gasteiger partial charge in [-0.2, -0.15) is 0 Å². The first kappa shape index (κ1) is 24.8. The fourth-order valence-corrected chi connectivity index (χ4v) is 2.75. The van der Waals surface area contributed by atoms with Gasteiger partial charge in [-0.3, -0.25) is 4.98 Å². The van der Waals surface area contributed by atoms with E-state index in [0.717, 1.165) is 35.7 Å². The van der Waals surface area contributed by atoms with Crippen molar-refractivity contribution in [3.05, 3.63) is 89.2 Å². The van der Waals surface area contributed by atoms with Crippen molar-refractivity contribution in [2.45, 2.75) is 33.5 Å². The Hall–Kier alpha value is -2.27. The molecule has 0 saturated heterocycles. The summed E-state index contributed by atoms with van der Waals surface area (Å²) in [5.74, 6) is 1.55. The smallest absolute Gasteiger partial charge is 0.161 e. The third kappa shape index (κ3) is 7.94. The Bertz CT molecular complexity index is 843. The topological polar surface area (TPSA) is 43.4 Å². The summed E-state index contributed by atoms with van der Waals surface area (Å²) < 4.78 is 11.8. The fourth-order valence-electron chi connectivity index (χ4n) is 2.75. The minimum atomic E-state index is 0. The molecule has 1 aromatic heterocycles. The summed E-state index contributed by atoms with van der Waals surface area (Å²) in [6.45, 7) is 6.74. The maximum Gasteiger partial charge on any atom is 0.161 e. The van der Waals surface area contributed by atoms with Gasteiger partial charge in [0.25, 0.3) is 0 Å². The van der Waals surface area contributed by atoms with Gasteiger partial charge in [-0.05, 0) is 48.7 Å². The molecule has 3 rings (SSSR count). The van der Waals surface area contributed by atoms with Crippen LogP contribution >= 0.6 is 0 Å². The average molecular weight is 433 g/mol. The number of nitrogens with one attached hydrogen (secondary N) is 1. The molecule has 0 atom stereocenters. The Morgan fingerprint density at radius 3 is 2.24 bits per heavy atom. The lowest BCUT2D eigenvalue weighted by Crippen LogP contribution is -3.00. The summed E-state index contributed by atoms with van der Waals surface area (Å²) in [6, 6.07) is 18.5. The number of hydrogen-bond acceptors (Lipinski definition) is 4. The zero-order chi connectivity index (χ0) is 18.9. The number of benzene rings is 2. The number of ether oxygens (including phenoxy) is 2. The van der Waals surface area contributed by atoms with Crippen LogP contribution in [0, 0.1) is 6.92 Å². The first-order valence-corrected chi connectivity index (χ1v) is 9.28. The molecule has 6 heteroatoms. The average Bonchev–Trinajstić information content (AvgIpc) is 2.70. The molecule has 29 heavy (non-hydrogen) atoms. The van der Waals surface area contributed by atoms with Crippen LogP contribution < -0.4 is 39.6 Å². The first-order chi connectivity index (χ1) is 13.2. The second-order valence-corrected chi connectivity index (χ2v) is 6.45. The van der Waals surface area contributed by atoms with Crippen molar-refractivity contribution in [3.63, 3.8) is 0 Å². The summed E-state index contributed by atoms with van der Waals surface area (Å²) in [6.07, 6.45) is 3.66. The van der Waals surface area contributed by atoms with Crippen molar-refractivity contribution in [1.82, 2.24) is 10.3 Å². The van der Waals surface area contributed by atoms with E-state index in [4.69, 9.17) is 9.47 Å². The van der Waals surface area contributed by atoms with Crippen molar-refractivity contribution in [1.29, 1.82) is 0 Å². The zero-order valence-corrected chi connectivity index (χ0v) is 18.2. The number of hydrogen-bond donors (Lipinski definition) is 1. The van der Waals surface area contributed by atoms with E-state index in [9.17, 15) is 0 Å². The van der Waals surface area contributed by atoms with Crippen LogP contribution in [0.15, 0.2) is 67.0 Å². The van der Waals surface area contributed by atoms with Gasteiger partial charge in [0.15, 0.2) is 11.5 Å². The standard InChI is InChI=1S/C23H26N2O2.2ClH/c1-3-26-23-13-20(14-25-16-21-5-4-12-24-15-21)10-11-22(23)27-17-19-8-6-18(2)7-9-19;;/h4-13,15,25H,3,14,16-17H2,1-2H3;2*1H/p-2. The molecule has 0 aliphatic rings. The minimum absolute atomic E-state index is 0. The van der Waals surface area contributed by atoms with Crippen molar-refractivity contribution in [2.75, 3.05) is 6.61 Å². The van der Waals surface area contributed by atoms with Crippen LogP contribution in [0.3, 0.4) is 0 Å². The quantitative estimate of drug-likeness (QED) is 0.454. The van der Waals surface area contributed by atoms with Gasteiger partial charge in [0.05, 0.1) is 6.61 Å². The van der Waals surface area contributed by atoms with Crippen molar-refractivity contribution in [3.8, 4) is 11.5 Å². The number of rotatable bonds is 9. The summed E-state index contributed by atoms with van der Waals surface area (Å²) in [7, 11) is 0. The molecule has 0 bridgehead atoms. The Morgan fingerprint density at radius 1 is 0.828 bits per heavy atom. The highest BCUT2D eigenvalue weighted by atomic mass is 35.5. The third-order valence-corrected chi connectivity index (χ3v) is 4.20. The lowest BCUT2D eigenvalue weighted by Gasteiger charge is -2.14. The molecular weight excluding hydrogens is 407 g/mol. The summed E-state index contributed by atoms with van der Waals surface area (Å²) in [4.78, 5) is 4.13. The van der Waals surface area contributed by atoms with Gasteiger partial charge in [-0.1, -0.05) is 42.0 Å². The third-order valence-electron chi connectivity index (χ3n) is 4.20. The minimum Gasteiger partial charge on any atom is -1.00 e. The Balaban J connectivity index is 0.00000210. The maximum absolute atomic E-state index is 5.99. The molecule has 0 aliphatic carbocycles. The van der Waals surface area contributed by atoms with Crippen molar-refractivity contribution < 1.29 is 34.3 Å². The van der Waals surface area contributed by atoms with E-state index in [1.165, 1.54) is 11.1 Å². The molecule has 0 aliphatic heterocycles. The molecule has 0 radical (unpaired) electrons. The predicted molar refractivity (Wildman–Crippen MR) is 108 cm³/mol. The molecule has 156 valence electrons. The van der Waals surface area contributed by atoms with E-state index in [1.54, 1.807) is 6.20 Å². The summed E-state index contributed by atoms with van der Waals surface area (Å²) >= 11 is 0. The largest absolute Gasteiger partial charge is 1.00 e. The lowest BCUT2D eigenvalue weighted by atomic mass is 10.1. The molecule has 1 heterocycles. The predicted octanol–water partition coefficient (Wildman–Crippen LogP) is -1.33. The highest BCUT2D eigenvalue weighted by Gasteiger charge is 2.07. The van der Waals surface area contributed by atoms with Gasteiger partial charge in [0, 0.05) is 25.5 Å². The van der Waals surface area contributed by atoms with E-state index in [1.807, 2.05) is 31.3 Å². The second-order valence-electron chi connectivity index (χ2n) is 6.45. The van der Waals surface area contributed by atoms with Gasteiger partial charge in [-0.15, -0.1) is 0 Å². The van der Waals surface area contributed by atoms with Crippen LogP contribution in [0.2, 0.25) is 0 Å². The van der Waals surface area contributed by atoms with E-state index in [0.29, 0.717) is 13.2 Å². The molecule has 3 aromatic rings. The highest BCUT2D eigenvalue weighted by molar-refractivity contribution is 5.43. The lowest BCUT2D eigenvalue weighted by molar-refractivity contribution is -0.001000. The van der Waals surface area contributed by atoms with Crippen molar-refractivity contribution in [2.24, 2.45) is 0 Å². The van der Waals surface area contributed by atoms with Crippen LogP contribution in [0.1, 0.15) is 29.2 Å². The van der Waals surface area contributed by atoms with Gasteiger partial charge in [0.1, 0.15) is 6.61 Å². The molecular formula is C23H26Cl2N2O2-2. The molecule has 0 amide bonds. The van der Waals surface area contributed by atoms with Crippen LogP contribution in [-0.4, -0.2) is 11.6 Å². The molecule has 0 fully saturated rings. The van der Waals surface area contributed by atoms with Crippen LogP contribution in [0.5, 0.6) is 11.5 Å². The van der Waals surface area contributed by atoms with Crippen LogP contribution in [-0.2, 0) is 19.7 Å². The maximum atomic E-state index is 5.99. The molecule has 0 unspecified atom stereocenters. The molecule has 4 nitrogen and oxygen atoms in total.